The van der Waals surface area contributed by atoms with E-state index in [0.29, 0.717) is 37.4 Å². The number of aliphatic carboxylic acids is 1. The quantitative estimate of drug-likeness (QED) is 0.197. The van der Waals surface area contributed by atoms with Crippen LogP contribution >= 0.6 is 11.8 Å². The molecule has 0 atom stereocenters. The number of aliphatic hydroxyl groups is 1. The van der Waals surface area contributed by atoms with Crippen molar-refractivity contribution in [3.8, 4) is 11.1 Å². The van der Waals surface area contributed by atoms with Crippen molar-refractivity contribution in [3.05, 3.63) is 96.3 Å². The van der Waals surface area contributed by atoms with Gasteiger partial charge in [0.15, 0.2) is 0 Å². The average molecular weight is 583 g/mol. The van der Waals surface area contributed by atoms with E-state index in [1.54, 1.807) is 11.8 Å². The number of ether oxygens (including phenoxy) is 2. The second-order valence-corrected chi connectivity index (χ2v) is 11.5. The minimum Gasteiger partial charge on any atom is -0.481 e. The topological polar surface area (TPSA) is 110 Å². The Morgan fingerprint density at radius 3 is 2.52 bits per heavy atom. The molecule has 8 nitrogen and oxygen atoms in total. The van der Waals surface area contributed by atoms with Crippen molar-refractivity contribution in [1.82, 2.24) is 9.38 Å². The fourth-order valence-electron chi connectivity index (χ4n) is 5.29. The second kappa shape index (κ2) is 12.0. The summed E-state index contributed by atoms with van der Waals surface area (Å²) in [5.74, 6) is -1.62. The molecule has 0 saturated carbocycles. The predicted octanol–water partition coefficient (Wildman–Crippen LogP) is 6.21. The molecule has 1 fully saturated rings. The maximum Gasteiger partial charge on any atom is 0.306 e. The van der Waals surface area contributed by atoms with Crippen LogP contribution in [0, 0.1) is 0 Å². The van der Waals surface area contributed by atoms with Crippen LogP contribution in [0.15, 0.2) is 94.9 Å². The lowest BCUT2D eigenvalue weighted by atomic mass is 9.87. The minimum absolute atomic E-state index is 0.0442. The molecule has 2 N–H and O–H groups in total. The number of imidazole rings is 1. The van der Waals surface area contributed by atoms with Crippen molar-refractivity contribution in [1.29, 1.82) is 0 Å². The van der Waals surface area contributed by atoms with Gasteiger partial charge in [0.1, 0.15) is 12.3 Å². The molecule has 1 aliphatic heterocycles. The zero-order valence-electron chi connectivity index (χ0n) is 22.9. The summed E-state index contributed by atoms with van der Waals surface area (Å²) >= 11 is 1.62. The molecule has 3 heterocycles. The number of carbonyl (C=O) groups excluding carboxylic acids is 1. The van der Waals surface area contributed by atoms with Gasteiger partial charge < -0.3 is 19.7 Å². The second-order valence-electron chi connectivity index (χ2n) is 10.4. The number of carboxylic acids is 1. The van der Waals surface area contributed by atoms with Crippen LogP contribution in [0.2, 0.25) is 0 Å². The molecule has 42 heavy (non-hydrogen) atoms. The molecule has 214 valence electrons. The van der Waals surface area contributed by atoms with Gasteiger partial charge in [0.25, 0.3) is 0 Å². The first-order valence-electron chi connectivity index (χ1n) is 13.8. The first kappa shape index (κ1) is 28.0. The molecule has 1 aliphatic rings. The molecule has 1 saturated heterocycles. The van der Waals surface area contributed by atoms with Crippen LogP contribution in [0.25, 0.3) is 27.7 Å². The zero-order valence-corrected chi connectivity index (χ0v) is 23.7. The summed E-state index contributed by atoms with van der Waals surface area (Å²) in [5, 5.41) is 21.1. The normalized spacial score (nSPS) is 14.7. The SMILES string of the molecule is O=C(O)CCC(=O)OCc1cn2c(cc(-c3ccccc3)c3ccc(Sc4cccc(C5(O)CCOCC5)c4)cc32)n1. The maximum absolute atomic E-state index is 12.0. The summed E-state index contributed by atoms with van der Waals surface area (Å²) in [4.78, 5) is 29.6. The van der Waals surface area contributed by atoms with Crippen LogP contribution in [-0.4, -0.2) is 44.8 Å². The average Bonchev–Trinajstić information content (AvgIpc) is 3.43. The highest BCUT2D eigenvalue weighted by molar-refractivity contribution is 7.99. The lowest BCUT2D eigenvalue weighted by molar-refractivity contribution is -0.148. The molecular formula is C33H30N2O6S. The Hall–Kier alpha value is -4.18. The first-order valence-corrected chi connectivity index (χ1v) is 14.7. The van der Waals surface area contributed by atoms with E-state index in [0.717, 1.165) is 37.4 Å². The fourth-order valence-corrected chi connectivity index (χ4v) is 6.20. The van der Waals surface area contributed by atoms with Crippen molar-refractivity contribution < 1.29 is 29.3 Å². The molecule has 0 radical (unpaired) electrons. The first-order chi connectivity index (χ1) is 20.4. The highest BCUT2D eigenvalue weighted by atomic mass is 32.2. The number of nitrogens with zero attached hydrogens (tertiary/aromatic N) is 2. The number of aromatic nitrogens is 2. The Morgan fingerprint density at radius 1 is 0.952 bits per heavy atom. The van der Waals surface area contributed by atoms with Crippen LogP contribution < -0.4 is 0 Å². The van der Waals surface area contributed by atoms with Gasteiger partial charge in [-0.2, -0.15) is 0 Å². The van der Waals surface area contributed by atoms with Crippen molar-refractivity contribution >= 4 is 40.3 Å². The number of esters is 1. The number of hydrogen-bond acceptors (Lipinski definition) is 7. The Labute approximate surface area is 246 Å². The Balaban J connectivity index is 1.35. The van der Waals surface area contributed by atoms with Gasteiger partial charge in [0, 0.05) is 47.4 Å². The van der Waals surface area contributed by atoms with E-state index in [2.05, 4.69) is 36.4 Å². The highest BCUT2D eigenvalue weighted by Gasteiger charge is 2.31. The molecule has 6 rings (SSSR count). The monoisotopic (exact) mass is 582 g/mol. The van der Waals surface area contributed by atoms with Gasteiger partial charge in [-0.3, -0.25) is 14.0 Å². The predicted molar refractivity (Wildman–Crippen MR) is 159 cm³/mol. The van der Waals surface area contributed by atoms with E-state index in [1.807, 2.05) is 53.1 Å². The van der Waals surface area contributed by atoms with Gasteiger partial charge >= 0.3 is 11.9 Å². The molecule has 0 bridgehead atoms. The van der Waals surface area contributed by atoms with Gasteiger partial charge in [0.2, 0.25) is 0 Å². The van der Waals surface area contributed by atoms with Gasteiger partial charge in [-0.05, 0) is 47.0 Å². The number of fused-ring (bicyclic) bond motifs is 3. The van der Waals surface area contributed by atoms with E-state index < -0.39 is 17.5 Å². The number of benzene rings is 3. The largest absolute Gasteiger partial charge is 0.481 e. The number of rotatable bonds is 9. The molecule has 9 heteroatoms. The molecular weight excluding hydrogens is 552 g/mol. The van der Waals surface area contributed by atoms with Crippen molar-refractivity contribution in [2.45, 2.75) is 47.7 Å². The van der Waals surface area contributed by atoms with Gasteiger partial charge in [-0.25, -0.2) is 4.98 Å². The maximum atomic E-state index is 12.0. The highest BCUT2D eigenvalue weighted by Crippen LogP contribution is 2.38. The minimum atomic E-state index is -1.04. The molecule has 0 spiro atoms. The van der Waals surface area contributed by atoms with Crippen molar-refractivity contribution in [2.75, 3.05) is 13.2 Å². The third-order valence-electron chi connectivity index (χ3n) is 7.51. The molecule has 2 aromatic heterocycles. The van der Waals surface area contributed by atoms with Crippen molar-refractivity contribution in [3.63, 3.8) is 0 Å². The van der Waals surface area contributed by atoms with E-state index in [1.165, 1.54) is 0 Å². The van der Waals surface area contributed by atoms with Crippen LogP contribution in [0.5, 0.6) is 0 Å². The third kappa shape index (κ3) is 6.04. The van der Waals surface area contributed by atoms with Crippen LogP contribution in [0.1, 0.15) is 36.9 Å². The smallest absolute Gasteiger partial charge is 0.306 e. The van der Waals surface area contributed by atoms with Gasteiger partial charge in [0.05, 0.1) is 29.7 Å². The van der Waals surface area contributed by atoms with Crippen molar-refractivity contribution in [2.24, 2.45) is 0 Å². The number of hydrogen-bond donors (Lipinski definition) is 2. The lowest BCUT2D eigenvalue weighted by Crippen LogP contribution is -2.33. The molecule has 3 aromatic carbocycles. The molecule has 0 amide bonds. The summed E-state index contributed by atoms with van der Waals surface area (Å²) in [6.07, 6.45) is 2.56. The summed E-state index contributed by atoms with van der Waals surface area (Å²) < 4.78 is 12.7. The fraction of sp³-hybridized carbons (Fsp3) is 0.242. The zero-order chi connectivity index (χ0) is 29.1. The van der Waals surface area contributed by atoms with Crippen LogP contribution in [0.3, 0.4) is 0 Å². The van der Waals surface area contributed by atoms with Crippen LogP contribution in [0.4, 0.5) is 0 Å². The summed E-state index contributed by atoms with van der Waals surface area (Å²) in [5.41, 5.74) is 4.36. The Bertz CT molecular complexity index is 1760. The van der Waals surface area contributed by atoms with E-state index in [9.17, 15) is 14.7 Å². The van der Waals surface area contributed by atoms with E-state index >= 15 is 0 Å². The summed E-state index contributed by atoms with van der Waals surface area (Å²) in [7, 11) is 0. The summed E-state index contributed by atoms with van der Waals surface area (Å²) in [6, 6.07) is 26.5. The lowest BCUT2D eigenvalue weighted by Gasteiger charge is -2.32. The standard InChI is InChI=1S/C33H30N2O6S/c36-31(37)11-12-32(38)41-21-24-20-35-29-18-26(42-25-8-4-7-23(17-25)33(39)13-15-40-16-14-33)9-10-27(29)28(19-30(35)34-24)22-5-2-1-3-6-22/h1-10,17-20,39H,11-16,21H2,(H,36,37). The molecule has 0 aliphatic carbocycles. The third-order valence-corrected chi connectivity index (χ3v) is 8.49. The van der Waals surface area contributed by atoms with Gasteiger partial charge in [-0.1, -0.05) is 60.3 Å². The number of carboxylic acid groups (broad SMARTS) is 1. The van der Waals surface area contributed by atoms with Crippen LogP contribution in [-0.2, 0) is 31.3 Å². The van der Waals surface area contributed by atoms with E-state index in [4.69, 9.17) is 19.6 Å². The molecule has 5 aromatic rings. The Morgan fingerprint density at radius 2 is 1.74 bits per heavy atom. The Kier molecular flexibility index (Phi) is 7.97. The van der Waals surface area contributed by atoms with E-state index in [-0.39, 0.29) is 19.4 Å². The number of pyridine rings is 1. The molecule has 0 unspecified atom stereocenters. The summed E-state index contributed by atoms with van der Waals surface area (Å²) in [6.45, 7) is 1.05. The van der Waals surface area contributed by atoms with Gasteiger partial charge in [-0.15, -0.1) is 0 Å². The number of carbonyl (C=O) groups is 2.